The molecule has 0 aromatic heterocycles. The van der Waals surface area contributed by atoms with E-state index in [1.807, 2.05) is 0 Å². The SMILES string of the molecule is CCCCCCC1(CCCCCC)c2ccccc2-c2ccc(C#Cc3cc(C#Cc4ccc5c(c4)C(CCCCCC)(CCCCCC)c4ccccc4-5)c(C#Cc4ccc5c(c4)C(CCCCCC)(CCCCCC)c4ccccc4-5)cc3C#Cc3ccc4c(c3)C(CCCCCC)(CCCCCC)c3ccccc3-4)cc21. The minimum atomic E-state index is -0.0532. The van der Waals surface area contributed by atoms with Gasteiger partial charge in [0.15, 0.2) is 0 Å². The molecule has 590 valence electrons. The van der Waals surface area contributed by atoms with Gasteiger partial charge in [-0.05, 0) is 201 Å². The maximum Gasteiger partial charge on any atom is 0.0419 e. The van der Waals surface area contributed by atoms with Crippen molar-refractivity contribution in [1.82, 2.24) is 0 Å². The molecule has 0 atom stereocenters. The molecule has 0 saturated heterocycles. The number of unbranched alkanes of at least 4 members (excludes halogenated alkanes) is 24. The lowest BCUT2D eigenvalue weighted by Gasteiger charge is -2.33. The Morgan fingerprint density at radius 1 is 0.167 bits per heavy atom. The van der Waals surface area contributed by atoms with E-state index in [4.69, 9.17) is 0 Å². The summed E-state index contributed by atoms with van der Waals surface area (Å²) in [7, 11) is 0. The minimum absolute atomic E-state index is 0.0532. The third kappa shape index (κ3) is 18.2. The lowest BCUT2D eigenvalue weighted by atomic mass is 9.70. The van der Waals surface area contributed by atoms with E-state index >= 15 is 0 Å². The number of fused-ring (bicyclic) bond motifs is 12. The predicted molar refractivity (Wildman–Crippen MR) is 491 cm³/mol. The van der Waals surface area contributed by atoms with E-state index in [1.54, 1.807) is 0 Å². The van der Waals surface area contributed by atoms with Crippen molar-refractivity contribution in [3.8, 4) is 91.9 Å². The Balaban J connectivity index is 1.01. The first kappa shape index (κ1) is 83.2. The molecule has 13 rings (SSSR count). The molecule has 9 aromatic rings. The maximum absolute atomic E-state index is 3.94. The first-order chi connectivity index (χ1) is 56.2. The van der Waals surface area contributed by atoms with Gasteiger partial charge >= 0.3 is 0 Å². The molecule has 0 heteroatoms. The summed E-state index contributed by atoms with van der Waals surface area (Å²) in [5.74, 6) is 31.4. The molecular formula is C114H134. The fourth-order valence-electron chi connectivity index (χ4n) is 21.2. The second-order valence-corrected chi connectivity index (χ2v) is 35.0. The average Bonchev–Trinajstić information content (AvgIpc) is 1.59. The van der Waals surface area contributed by atoms with E-state index in [0.717, 1.165) is 95.9 Å². The van der Waals surface area contributed by atoms with Crippen LogP contribution in [0.1, 0.15) is 401 Å². The van der Waals surface area contributed by atoms with Crippen molar-refractivity contribution in [2.75, 3.05) is 0 Å². The van der Waals surface area contributed by atoms with Crippen LogP contribution in [0.2, 0.25) is 0 Å². The van der Waals surface area contributed by atoms with Crippen molar-refractivity contribution in [2.24, 2.45) is 0 Å². The molecule has 0 aliphatic heterocycles. The average molecular weight is 1500 g/mol. The van der Waals surface area contributed by atoms with Crippen LogP contribution in [0.4, 0.5) is 0 Å². The molecule has 0 amide bonds. The summed E-state index contributed by atoms with van der Waals surface area (Å²) >= 11 is 0. The Bertz CT molecular complexity index is 4310. The summed E-state index contributed by atoms with van der Waals surface area (Å²) < 4.78 is 0. The van der Waals surface area contributed by atoms with Crippen LogP contribution in [-0.4, -0.2) is 0 Å². The van der Waals surface area contributed by atoms with Gasteiger partial charge in [-0.2, -0.15) is 0 Å². The van der Waals surface area contributed by atoms with E-state index in [0.29, 0.717) is 0 Å². The Labute approximate surface area is 692 Å². The lowest BCUT2D eigenvalue weighted by Crippen LogP contribution is -2.25. The van der Waals surface area contributed by atoms with Crippen molar-refractivity contribution in [1.29, 1.82) is 0 Å². The zero-order chi connectivity index (χ0) is 79.0. The van der Waals surface area contributed by atoms with E-state index in [9.17, 15) is 0 Å². The second kappa shape index (κ2) is 40.7. The molecule has 4 aliphatic carbocycles. The standard InChI is InChI=1S/C114H134/c1-9-17-25-41-73-111(74-42-26-18-10-2)103-53-37-33-49-95(103)99-69-61-87(81-107(99)111)57-65-91-85-93(67-59-89-63-71-101-97-51-35-39-55-105(97)113(109(101)83-89,77-45-29-21-13-5)78-46-30-22-14-6)94(68-60-90-64-72-102-98-52-36-40-56-106(98)114(110(102)84-90,79-47-31-23-15-7)80-48-32-24-16-8)86-92(91)66-58-88-62-70-100-96-50-34-38-54-104(96)112(108(100)82-88,75-43-27-19-11-3)76-44-28-20-12-4/h33-40,49-56,61-64,69-72,81-86H,9-32,41-48,73-80H2,1-8H3. The van der Waals surface area contributed by atoms with Gasteiger partial charge in [0.2, 0.25) is 0 Å². The summed E-state index contributed by atoms with van der Waals surface area (Å²) in [6, 6.07) is 71.0. The summed E-state index contributed by atoms with van der Waals surface area (Å²) in [6.45, 7) is 18.7. The molecule has 0 N–H and O–H groups in total. The van der Waals surface area contributed by atoms with Crippen LogP contribution in [0.25, 0.3) is 44.5 Å². The van der Waals surface area contributed by atoms with E-state index in [-0.39, 0.29) is 21.7 Å². The molecule has 0 saturated carbocycles. The molecule has 4 aliphatic rings. The van der Waals surface area contributed by atoms with Gasteiger partial charge in [-0.3, -0.25) is 0 Å². The van der Waals surface area contributed by atoms with Crippen molar-refractivity contribution < 1.29 is 0 Å². The molecular weight excluding hydrogens is 1370 g/mol. The van der Waals surface area contributed by atoms with Crippen LogP contribution in [0.3, 0.4) is 0 Å². The molecule has 0 heterocycles. The topological polar surface area (TPSA) is 0 Å². The highest BCUT2D eigenvalue weighted by Gasteiger charge is 2.46. The predicted octanol–water partition coefficient (Wildman–Crippen LogP) is 32.1. The molecule has 0 radical (unpaired) electrons. The van der Waals surface area contributed by atoms with Crippen LogP contribution < -0.4 is 0 Å². The van der Waals surface area contributed by atoms with Crippen molar-refractivity contribution in [3.63, 3.8) is 0 Å². The summed E-state index contributed by atoms with van der Waals surface area (Å²) in [5.41, 5.74) is 30.6. The lowest BCUT2D eigenvalue weighted by molar-refractivity contribution is 0.401. The van der Waals surface area contributed by atoms with Gasteiger partial charge in [-0.25, -0.2) is 0 Å². The molecule has 0 spiro atoms. The molecule has 0 bridgehead atoms. The quantitative estimate of drug-likeness (QED) is 0.0265. The normalized spacial score (nSPS) is 14.0. The summed E-state index contributed by atoms with van der Waals surface area (Å²) in [4.78, 5) is 0. The molecule has 0 unspecified atom stereocenters. The highest BCUT2D eigenvalue weighted by Crippen LogP contribution is 2.59. The number of rotatable bonds is 40. The highest BCUT2D eigenvalue weighted by atomic mass is 14.5. The number of benzene rings is 9. The first-order valence-electron chi connectivity index (χ1n) is 46.4. The number of hydrogen-bond acceptors (Lipinski definition) is 0. The van der Waals surface area contributed by atoms with E-state index in [1.165, 1.54) is 294 Å². The van der Waals surface area contributed by atoms with E-state index in [2.05, 4.69) is 285 Å². The van der Waals surface area contributed by atoms with E-state index < -0.39 is 0 Å². The van der Waals surface area contributed by atoms with Crippen LogP contribution in [0.15, 0.2) is 182 Å². The Kier molecular flexibility index (Phi) is 29.7. The molecule has 9 aromatic carbocycles. The van der Waals surface area contributed by atoms with Crippen LogP contribution in [-0.2, 0) is 21.7 Å². The fourth-order valence-corrected chi connectivity index (χ4v) is 21.2. The summed E-state index contributed by atoms with van der Waals surface area (Å²) in [6.07, 6.45) is 49.2. The van der Waals surface area contributed by atoms with Gasteiger partial charge in [0.1, 0.15) is 0 Å². The third-order valence-electron chi connectivity index (χ3n) is 27.3. The Morgan fingerprint density at radius 3 is 0.526 bits per heavy atom. The van der Waals surface area contributed by atoms with Gasteiger partial charge < -0.3 is 0 Å². The van der Waals surface area contributed by atoms with Gasteiger partial charge in [-0.15, -0.1) is 0 Å². The number of hydrogen-bond donors (Lipinski definition) is 0. The zero-order valence-corrected chi connectivity index (χ0v) is 71.6. The van der Waals surface area contributed by atoms with Crippen molar-refractivity contribution in [2.45, 2.75) is 334 Å². The van der Waals surface area contributed by atoms with Gasteiger partial charge in [-0.1, -0.05) is 430 Å². The second-order valence-electron chi connectivity index (χ2n) is 35.0. The summed E-state index contributed by atoms with van der Waals surface area (Å²) in [5, 5.41) is 0. The highest BCUT2D eigenvalue weighted by molar-refractivity contribution is 5.86. The van der Waals surface area contributed by atoms with Crippen molar-refractivity contribution in [3.05, 3.63) is 271 Å². The third-order valence-corrected chi connectivity index (χ3v) is 27.3. The Morgan fingerprint density at radius 2 is 0.342 bits per heavy atom. The minimum Gasteiger partial charge on any atom is -0.0654 e. The van der Waals surface area contributed by atoms with Gasteiger partial charge in [0.05, 0.1) is 0 Å². The van der Waals surface area contributed by atoms with Crippen LogP contribution >= 0.6 is 0 Å². The smallest absolute Gasteiger partial charge is 0.0419 e. The van der Waals surface area contributed by atoms with Crippen LogP contribution in [0.5, 0.6) is 0 Å². The van der Waals surface area contributed by atoms with Crippen molar-refractivity contribution >= 4 is 0 Å². The fraction of sp³-hybridized carbons (Fsp3) is 0.456. The van der Waals surface area contributed by atoms with Gasteiger partial charge in [0, 0.05) is 66.2 Å². The largest absolute Gasteiger partial charge is 0.0654 e. The Hall–Kier alpha value is -8.78. The molecule has 0 nitrogen and oxygen atoms in total. The zero-order valence-electron chi connectivity index (χ0n) is 71.6. The molecule has 0 fully saturated rings. The van der Waals surface area contributed by atoms with Gasteiger partial charge in [0.25, 0.3) is 0 Å². The maximum atomic E-state index is 3.94. The first-order valence-corrected chi connectivity index (χ1v) is 46.4. The van der Waals surface area contributed by atoms with Crippen LogP contribution in [0, 0.1) is 47.4 Å². The molecule has 114 heavy (non-hydrogen) atoms. The monoisotopic (exact) mass is 1500 g/mol.